The molecule has 1 heterocycles. The Labute approximate surface area is 125 Å². The van der Waals surface area contributed by atoms with Crippen molar-refractivity contribution in [3.63, 3.8) is 0 Å². The van der Waals surface area contributed by atoms with Crippen molar-refractivity contribution in [3.05, 3.63) is 30.1 Å². The third-order valence-corrected chi connectivity index (χ3v) is 4.31. The van der Waals surface area contributed by atoms with Gasteiger partial charge in [0, 0.05) is 19.7 Å². The van der Waals surface area contributed by atoms with Gasteiger partial charge in [-0.05, 0) is 25.0 Å². The fourth-order valence-electron chi connectivity index (χ4n) is 2.94. The molecule has 0 saturated heterocycles. The molecule has 0 radical (unpaired) electrons. The van der Waals surface area contributed by atoms with Crippen LogP contribution in [0.5, 0.6) is 0 Å². The molecular weight excluding hydrogens is 268 g/mol. The number of pyridine rings is 1. The number of aromatic nitrogens is 1. The number of hydrogen-bond acceptors (Lipinski definition) is 3. The lowest BCUT2D eigenvalue weighted by Gasteiger charge is -2.33. The monoisotopic (exact) mass is 290 g/mol. The highest BCUT2D eigenvalue weighted by molar-refractivity contribution is 5.85. The Bertz CT molecular complexity index is 496. The first-order chi connectivity index (χ1) is 10.0. The summed E-state index contributed by atoms with van der Waals surface area (Å²) >= 11 is 0. The molecule has 5 heteroatoms. The largest absolute Gasteiger partial charge is 0.481 e. The van der Waals surface area contributed by atoms with E-state index >= 15 is 0 Å². The maximum Gasteiger partial charge on any atom is 0.310 e. The Morgan fingerprint density at radius 2 is 2.00 bits per heavy atom. The van der Waals surface area contributed by atoms with E-state index in [9.17, 15) is 14.7 Å². The Morgan fingerprint density at radius 3 is 2.57 bits per heavy atom. The van der Waals surface area contributed by atoms with Crippen LogP contribution in [0.4, 0.5) is 0 Å². The number of amides is 1. The molecule has 1 aliphatic rings. The van der Waals surface area contributed by atoms with Crippen LogP contribution in [0, 0.1) is 5.41 Å². The molecule has 1 amide bonds. The number of nitrogens with zero attached hydrogens (tertiary/aromatic N) is 2. The van der Waals surface area contributed by atoms with Crippen molar-refractivity contribution < 1.29 is 14.7 Å². The van der Waals surface area contributed by atoms with Gasteiger partial charge in [-0.15, -0.1) is 0 Å². The summed E-state index contributed by atoms with van der Waals surface area (Å²) in [4.78, 5) is 29.7. The zero-order valence-corrected chi connectivity index (χ0v) is 12.4. The quantitative estimate of drug-likeness (QED) is 0.904. The van der Waals surface area contributed by atoms with Gasteiger partial charge in [-0.25, -0.2) is 0 Å². The minimum absolute atomic E-state index is 0.0890. The lowest BCUT2D eigenvalue weighted by Crippen LogP contribution is -2.39. The summed E-state index contributed by atoms with van der Waals surface area (Å²) in [5, 5.41) is 9.53. The van der Waals surface area contributed by atoms with Gasteiger partial charge >= 0.3 is 5.97 Å². The van der Waals surface area contributed by atoms with Crippen LogP contribution in [-0.2, 0) is 16.1 Å². The van der Waals surface area contributed by atoms with Gasteiger partial charge in [0.05, 0.1) is 17.7 Å². The lowest BCUT2D eigenvalue weighted by atomic mass is 9.71. The molecule has 0 aromatic carbocycles. The molecule has 114 valence electrons. The van der Waals surface area contributed by atoms with Gasteiger partial charge in [0.15, 0.2) is 0 Å². The highest BCUT2D eigenvalue weighted by Gasteiger charge is 2.41. The van der Waals surface area contributed by atoms with Crippen LogP contribution in [0.25, 0.3) is 0 Å². The molecule has 0 unspecified atom stereocenters. The van der Waals surface area contributed by atoms with Crippen LogP contribution >= 0.6 is 0 Å². The standard InChI is InChI=1S/C16H22N2O3/c1-18(12-13-7-3-6-10-17-13)14(19)11-16(15(20)21)8-4-2-5-9-16/h3,6-7,10H,2,4-5,8-9,11-12H2,1H3,(H,20,21). The number of aliphatic carboxylic acids is 1. The first kappa shape index (κ1) is 15.5. The Balaban J connectivity index is 2.00. The molecule has 0 aliphatic heterocycles. The summed E-state index contributed by atoms with van der Waals surface area (Å²) in [5.74, 6) is -0.952. The minimum atomic E-state index is -0.867. The predicted molar refractivity (Wildman–Crippen MR) is 78.5 cm³/mol. The number of carboxylic acids is 1. The van der Waals surface area contributed by atoms with E-state index in [1.165, 1.54) is 0 Å². The van der Waals surface area contributed by atoms with E-state index < -0.39 is 11.4 Å². The Kier molecular flexibility index (Phi) is 4.94. The summed E-state index contributed by atoms with van der Waals surface area (Å²) in [5.41, 5.74) is -0.0605. The third kappa shape index (κ3) is 3.80. The van der Waals surface area contributed by atoms with E-state index in [0.29, 0.717) is 19.4 Å². The molecule has 0 atom stereocenters. The van der Waals surface area contributed by atoms with Crippen molar-refractivity contribution in [3.8, 4) is 0 Å². The van der Waals surface area contributed by atoms with Crippen LogP contribution in [0.15, 0.2) is 24.4 Å². The summed E-state index contributed by atoms with van der Waals surface area (Å²) in [6.45, 7) is 0.412. The number of hydrogen-bond donors (Lipinski definition) is 1. The molecule has 0 bridgehead atoms. The van der Waals surface area contributed by atoms with Crippen LogP contribution in [0.1, 0.15) is 44.2 Å². The number of rotatable bonds is 5. The number of carboxylic acid groups (broad SMARTS) is 1. The molecule has 1 aromatic rings. The molecule has 2 rings (SSSR count). The number of carbonyl (C=O) groups is 2. The average Bonchev–Trinajstić information content (AvgIpc) is 2.49. The molecule has 1 aliphatic carbocycles. The fourth-order valence-corrected chi connectivity index (χ4v) is 2.94. The second-order valence-corrected chi connectivity index (χ2v) is 5.89. The van der Waals surface area contributed by atoms with Crippen molar-refractivity contribution >= 4 is 11.9 Å². The SMILES string of the molecule is CN(Cc1ccccn1)C(=O)CC1(C(=O)O)CCCCC1. The van der Waals surface area contributed by atoms with Gasteiger partial charge < -0.3 is 10.0 Å². The summed E-state index contributed by atoms with van der Waals surface area (Å²) < 4.78 is 0. The van der Waals surface area contributed by atoms with E-state index in [1.54, 1.807) is 18.1 Å². The topological polar surface area (TPSA) is 70.5 Å². The smallest absolute Gasteiger partial charge is 0.310 e. The molecule has 21 heavy (non-hydrogen) atoms. The van der Waals surface area contributed by atoms with E-state index in [2.05, 4.69) is 4.98 Å². The molecule has 1 saturated carbocycles. The second kappa shape index (κ2) is 6.70. The van der Waals surface area contributed by atoms with Gasteiger partial charge in [0.25, 0.3) is 0 Å². The normalized spacial score (nSPS) is 17.2. The van der Waals surface area contributed by atoms with E-state index in [4.69, 9.17) is 0 Å². The van der Waals surface area contributed by atoms with Crippen LogP contribution in [0.2, 0.25) is 0 Å². The molecule has 1 aromatic heterocycles. The summed E-state index contributed by atoms with van der Waals surface area (Å²) in [6.07, 6.45) is 5.83. The molecule has 1 fully saturated rings. The van der Waals surface area contributed by atoms with E-state index in [0.717, 1.165) is 25.0 Å². The Morgan fingerprint density at radius 1 is 1.29 bits per heavy atom. The first-order valence-electron chi connectivity index (χ1n) is 7.41. The average molecular weight is 290 g/mol. The second-order valence-electron chi connectivity index (χ2n) is 5.89. The predicted octanol–water partition coefficient (Wildman–Crippen LogP) is 2.47. The zero-order valence-electron chi connectivity index (χ0n) is 12.4. The first-order valence-corrected chi connectivity index (χ1v) is 7.41. The van der Waals surface area contributed by atoms with Gasteiger partial charge in [-0.2, -0.15) is 0 Å². The van der Waals surface area contributed by atoms with Crippen molar-refractivity contribution in [2.24, 2.45) is 5.41 Å². The maximum absolute atomic E-state index is 12.4. The summed E-state index contributed by atoms with van der Waals surface area (Å²) in [6, 6.07) is 5.56. The van der Waals surface area contributed by atoms with Crippen LogP contribution < -0.4 is 0 Å². The van der Waals surface area contributed by atoms with Gasteiger partial charge in [-0.1, -0.05) is 25.3 Å². The molecule has 0 spiro atoms. The van der Waals surface area contributed by atoms with Crippen molar-refractivity contribution in [1.29, 1.82) is 0 Å². The van der Waals surface area contributed by atoms with Crippen LogP contribution in [0.3, 0.4) is 0 Å². The van der Waals surface area contributed by atoms with Gasteiger partial charge in [0.1, 0.15) is 0 Å². The van der Waals surface area contributed by atoms with Gasteiger partial charge in [-0.3, -0.25) is 14.6 Å². The van der Waals surface area contributed by atoms with E-state index in [-0.39, 0.29) is 12.3 Å². The third-order valence-electron chi connectivity index (χ3n) is 4.31. The zero-order chi connectivity index (χ0) is 15.3. The van der Waals surface area contributed by atoms with Crippen LogP contribution in [-0.4, -0.2) is 33.9 Å². The van der Waals surface area contributed by atoms with Crippen molar-refractivity contribution in [2.75, 3.05) is 7.05 Å². The fraction of sp³-hybridized carbons (Fsp3) is 0.562. The summed E-state index contributed by atoms with van der Waals surface area (Å²) in [7, 11) is 1.70. The highest BCUT2D eigenvalue weighted by Crippen LogP contribution is 2.40. The highest BCUT2D eigenvalue weighted by atomic mass is 16.4. The molecule has 1 N–H and O–H groups in total. The van der Waals surface area contributed by atoms with Crippen molar-refractivity contribution in [2.45, 2.75) is 45.1 Å². The minimum Gasteiger partial charge on any atom is -0.481 e. The molecule has 5 nitrogen and oxygen atoms in total. The molecular formula is C16H22N2O3. The Hall–Kier alpha value is -1.91. The lowest BCUT2D eigenvalue weighted by molar-refractivity contribution is -0.155. The van der Waals surface area contributed by atoms with Gasteiger partial charge in [0.2, 0.25) is 5.91 Å². The van der Waals surface area contributed by atoms with Crippen molar-refractivity contribution in [1.82, 2.24) is 9.88 Å². The number of carbonyl (C=O) groups excluding carboxylic acids is 1. The van der Waals surface area contributed by atoms with E-state index in [1.807, 2.05) is 18.2 Å². The maximum atomic E-state index is 12.4.